The standard InChI is InChI=1S/C32H34F2O4/c1-3-31(17-35-18-31)14-6-5-7-23-8-10-24(11-9-23)27-15-25-12-13-26(16-28(25)30(34)29(27)33)38-22-37-21-32(4-2)19-36-20-32/h8-13,15-16H,3-4,6,14,17-22H2,1-2H3. The van der Waals surface area contributed by atoms with E-state index >= 15 is 8.78 Å². The Morgan fingerprint density at radius 2 is 1.58 bits per heavy atom. The fraction of sp³-hybridized carbons (Fsp3) is 0.438. The van der Waals surface area contributed by atoms with Gasteiger partial charge in [-0.2, -0.15) is 0 Å². The second-order valence-electron chi connectivity index (χ2n) is 10.6. The van der Waals surface area contributed by atoms with E-state index in [0.29, 0.717) is 41.9 Å². The van der Waals surface area contributed by atoms with E-state index in [0.717, 1.165) is 44.5 Å². The third-order valence-corrected chi connectivity index (χ3v) is 8.05. The Balaban J connectivity index is 1.23. The van der Waals surface area contributed by atoms with Crippen molar-refractivity contribution < 1.29 is 27.7 Å². The lowest BCUT2D eigenvalue weighted by molar-refractivity contribution is -0.162. The quantitative estimate of drug-likeness (QED) is 0.162. The molecular weight excluding hydrogens is 486 g/mol. The van der Waals surface area contributed by atoms with E-state index in [1.807, 2.05) is 12.1 Å². The molecule has 0 spiro atoms. The summed E-state index contributed by atoms with van der Waals surface area (Å²) in [4.78, 5) is 0. The minimum absolute atomic E-state index is 0.0403. The first-order valence-electron chi connectivity index (χ1n) is 13.3. The van der Waals surface area contributed by atoms with Gasteiger partial charge in [0.1, 0.15) is 5.75 Å². The lowest BCUT2D eigenvalue weighted by Crippen LogP contribution is -2.45. The summed E-state index contributed by atoms with van der Waals surface area (Å²) in [6, 6.07) is 13.9. The number of hydrogen-bond donors (Lipinski definition) is 0. The topological polar surface area (TPSA) is 36.9 Å². The third kappa shape index (κ3) is 5.56. The van der Waals surface area contributed by atoms with Crippen molar-refractivity contribution in [2.24, 2.45) is 10.8 Å². The predicted molar refractivity (Wildman–Crippen MR) is 144 cm³/mol. The van der Waals surface area contributed by atoms with Crippen LogP contribution in [0.25, 0.3) is 21.9 Å². The normalized spacial score (nSPS) is 17.3. The van der Waals surface area contributed by atoms with E-state index < -0.39 is 11.6 Å². The Morgan fingerprint density at radius 1 is 0.868 bits per heavy atom. The SMILES string of the molecule is CCC1(CCC#Cc2ccc(-c3cc4ccc(OCOCC5(CC)COC5)cc4c(F)c3F)cc2)COC1. The van der Waals surface area contributed by atoms with Gasteiger partial charge >= 0.3 is 0 Å². The molecule has 0 aromatic heterocycles. The van der Waals surface area contributed by atoms with Crippen LogP contribution in [0.3, 0.4) is 0 Å². The first kappa shape index (κ1) is 26.6. The number of benzene rings is 3. The number of hydrogen-bond acceptors (Lipinski definition) is 4. The van der Waals surface area contributed by atoms with Crippen LogP contribution in [0.4, 0.5) is 8.78 Å². The summed E-state index contributed by atoms with van der Waals surface area (Å²) >= 11 is 0. The molecule has 0 unspecified atom stereocenters. The molecule has 6 heteroatoms. The van der Waals surface area contributed by atoms with Crippen LogP contribution in [0, 0.1) is 34.3 Å². The minimum Gasteiger partial charge on any atom is -0.468 e. The summed E-state index contributed by atoms with van der Waals surface area (Å²) in [6.07, 6.45) is 3.93. The molecule has 2 fully saturated rings. The monoisotopic (exact) mass is 520 g/mol. The predicted octanol–water partition coefficient (Wildman–Crippen LogP) is 7.12. The van der Waals surface area contributed by atoms with E-state index in [-0.39, 0.29) is 23.2 Å². The number of fused-ring (bicyclic) bond motifs is 1. The summed E-state index contributed by atoms with van der Waals surface area (Å²) in [5.74, 6) is 5.07. The van der Waals surface area contributed by atoms with Crippen molar-refractivity contribution in [1.29, 1.82) is 0 Å². The Labute approximate surface area is 223 Å². The average Bonchev–Trinajstić information content (AvgIpc) is 2.90. The average molecular weight is 521 g/mol. The van der Waals surface area contributed by atoms with Crippen molar-refractivity contribution in [3.8, 4) is 28.7 Å². The van der Waals surface area contributed by atoms with Crippen LogP contribution in [-0.4, -0.2) is 39.8 Å². The molecule has 2 aliphatic heterocycles. The van der Waals surface area contributed by atoms with Gasteiger partial charge in [-0.25, -0.2) is 8.78 Å². The highest BCUT2D eigenvalue weighted by atomic mass is 19.2. The largest absolute Gasteiger partial charge is 0.468 e. The zero-order valence-electron chi connectivity index (χ0n) is 22.1. The summed E-state index contributed by atoms with van der Waals surface area (Å²) in [6.45, 7) is 7.93. The lowest BCUT2D eigenvalue weighted by atomic mass is 9.79. The van der Waals surface area contributed by atoms with Gasteiger partial charge in [-0.1, -0.05) is 43.9 Å². The molecule has 0 saturated carbocycles. The Bertz CT molecular complexity index is 1320. The fourth-order valence-corrected chi connectivity index (χ4v) is 4.90. The first-order chi connectivity index (χ1) is 18.5. The molecular formula is C32H34F2O4. The van der Waals surface area contributed by atoms with Gasteiger partial charge in [-0.3, -0.25) is 0 Å². The summed E-state index contributed by atoms with van der Waals surface area (Å²) < 4.78 is 52.2. The molecule has 3 aromatic rings. The van der Waals surface area contributed by atoms with E-state index in [9.17, 15) is 0 Å². The molecule has 0 N–H and O–H groups in total. The van der Waals surface area contributed by atoms with Gasteiger partial charge in [0.15, 0.2) is 18.4 Å². The minimum atomic E-state index is -0.894. The molecule has 4 nitrogen and oxygen atoms in total. The summed E-state index contributed by atoms with van der Waals surface area (Å²) in [5.41, 5.74) is 2.02. The Morgan fingerprint density at radius 3 is 2.21 bits per heavy atom. The van der Waals surface area contributed by atoms with Crippen molar-refractivity contribution in [3.63, 3.8) is 0 Å². The molecule has 2 heterocycles. The highest BCUT2D eigenvalue weighted by Gasteiger charge is 2.37. The Hall–Kier alpha value is -2.98. The number of rotatable bonds is 10. The van der Waals surface area contributed by atoms with E-state index in [4.69, 9.17) is 18.9 Å². The summed E-state index contributed by atoms with van der Waals surface area (Å²) in [7, 11) is 0. The lowest BCUT2D eigenvalue weighted by Gasteiger charge is -2.40. The van der Waals surface area contributed by atoms with Crippen LogP contribution in [0.5, 0.6) is 5.75 Å². The summed E-state index contributed by atoms with van der Waals surface area (Å²) in [5, 5.41) is 0.766. The molecule has 0 aliphatic carbocycles. The van der Waals surface area contributed by atoms with Crippen LogP contribution in [0.2, 0.25) is 0 Å². The van der Waals surface area contributed by atoms with Crippen molar-refractivity contribution in [2.75, 3.05) is 39.8 Å². The van der Waals surface area contributed by atoms with Crippen molar-refractivity contribution in [3.05, 3.63) is 65.7 Å². The highest BCUT2D eigenvalue weighted by Crippen LogP contribution is 2.36. The van der Waals surface area contributed by atoms with Gasteiger partial charge in [0.25, 0.3) is 0 Å². The maximum atomic E-state index is 15.1. The Kier molecular flexibility index (Phi) is 7.99. The molecule has 3 aromatic carbocycles. The van der Waals surface area contributed by atoms with Crippen LogP contribution in [-0.2, 0) is 14.2 Å². The first-order valence-corrected chi connectivity index (χ1v) is 13.3. The van der Waals surface area contributed by atoms with Gasteiger partial charge in [0, 0.05) is 33.8 Å². The van der Waals surface area contributed by atoms with Crippen molar-refractivity contribution in [2.45, 2.75) is 39.5 Å². The van der Waals surface area contributed by atoms with Crippen LogP contribution in [0.1, 0.15) is 45.1 Å². The fourth-order valence-electron chi connectivity index (χ4n) is 4.90. The van der Waals surface area contributed by atoms with E-state index in [2.05, 4.69) is 25.7 Å². The van der Waals surface area contributed by atoms with Crippen LogP contribution < -0.4 is 4.74 Å². The molecule has 2 saturated heterocycles. The maximum absolute atomic E-state index is 15.1. The van der Waals surface area contributed by atoms with Gasteiger partial charge in [0.2, 0.25) is 0 Å². The zero-order chi connectivity index (χ0) is 26.6. The molecule has 38 heavy (non-hydrogen) atoms. The van der Waals surface area contributed by atoms with Crippen LogP contribution >= 0.6 is 0 Å². The second kappa shape index (κ2) is 11.4. The van der Waals surface area contributed by atoms with Crippen molar-refractivity contribution >= 4 is 10.8 Å². The molecule has 0 amide bonds. The third-order valence-electron chi connectivity index (χ3n) is 8.05. The van der Waals surface area contributed by atoms with Gasteiger partial charge < -0.3 is 18.9 Å². The molecule has 5 rings (SSSR count). The molecule has 0 atom stereocenters. The number of halogens is 2. The van der Waals surface area contributed by atoms with E-state index in [1.165, 1.54) is 6.07 Å². The van der Waals surface area contributed by atoms with E-state index in [1.54, 1.807) is 30.3 Å². The molecule has 0 radical (unpaired) electrons. The second-order valence-corrected chi connectivity index (χ2v) is 10.6. The molecule has 2 aliphatic rings. The smallest absolute Gasteiger partial charge is 0.189 e. The number of ether oxygens (including phenoxy) is 4. The zero-order valence-corrected chi connectivity index (χ0v) is 22.1. The molecule has 0 bridgehead atoms. The van der Waals surface area contributed by atoms with Gasteiger partial charge in [-0.05, 0) is 60.5 Å². The highest BCUT2D eigenvalue weighted by molar-refractivity contribution is 5.89. The van der Waals surface area contributed by atoms with Gasteiger partial charge in [-0.15, -0.1) is 0 Å². The maximum Gasteiger partial charge on any atom is 0.189 e. The van der Waals surface area contributed by atoms with Gasteiger partial charge in [0.05, 0.1) is 33.0 Å². The van der Waals surface area contributed by atoms with Crippen molar-refractivity contribution in [1.82, 2.24) is 0 Å². The molecule has 200 valence electrons. The van der Waals surface area contributed by atoms with Crippen LogP contribution in [0.15, 0.2) is 48.5 Å².